The molecule has 0 radical (unpaired) electrons. The number of nitrogens with zero attached hydrogens (tertiary/aromatic N) is 3. The van der Waals surface area contributed by atoms with Crippen molar-refractivity contribution in [1.29, 1.82) is 0 Å². The van der Waals surface area contributed by atoms with E-state index in [1.807, 2.05) is 20.0 Å². The molecule has 0 saturated heterocycles. The minimum Gasteiger partial charge on any atom is -0.476 e. The second-order valence-electron chi connectivity index (χ2n) is 3.63. The molecule has 2 aromatic heterocycles. The van der Waals surface area contributed by atoms with Crippen LogP contribution < -0.4 is 0 Å². The number of hydrogen-bond acceptors (Lipinski definition) is 4. The van der Waals surface area contributed by atoms with Crippen LogP contribution >= 0.6 is 23.4 Å². The predicted molar refractivity (Wildman–Crippen MR) is 68.3 cm³/mol. The fourth-order valence-corrected chi connectivity index (χ4v) is 2.50. The fraction of sp³-hybridized carbons (Fsp3) is 0.182. The van der Waals surface area contributed by atoms with E-state index in [2.05, 4.69) is 10.1 Å². The molecule has 0 unspecified atom stereocenters. The van der Waals surface area contributed by atoms with Crippen molar-refractivity contribution in [2.75, 3.05) is 0 Å². The fourth-order valence-electron chi connectivity index (χ4n) is 1.42. The lowest BCUT2D eigenvalue weighted by molar-refractivity contribution is 0.0690. The van der Waals surface area contributed by atoms with Crippen LogP contribution in [0, 0.1) is 6.92 Å². The van der Waals surface area contributed by atoms with Gasteiger partial charge in [-0.3, -0.25) is 4.68 Å². The van der Waals surface area contributed by atoms with E-state index >= 15 is 0 Å². The van der Waals surface area contributed by atoms with E-state index in [0.717, 1.165) is 10.7 Å². The summed E-state index contributed by atoms with van der Waals surface area (Å²) in [5, 5.41) is 14.7. The van der Waals surface area contributed by atoms with Crippen molar-refractivity contribution >= 4 is 29.3 Å². The largest absolute Gasteiger partial charge is 0.476 e. The van der Waals surface area contributed by atoms with Crippen LogP contribution in [-0.2, 0) is 7.05 Å². The summed E-state index contributed by atoms with van der Waals surface area (Å²) in [6, 6.07) is 5.12. The van der Waals surface area contributed by atoms with Gasteiger partial charge in [0.05, 0.1) is 10.7 Å². The zero-order valence-electron chi connectivity index (χ0n) is 9.72. The number of aromatic nitrogens is 3. The lowest BCUT2D eigenvalue weighted by Gasteiger charge is -2.03. The second kappa shape index (κ2) is 4.99. The number of aryl methyl sites for hydroxylation is 2. The van der Waals surface area contributed by atoms with Crippen LogP contribution in [0.3, 0.4) is 0 Å². The maximum absolute atomic E-state index is 10.9. The third-order valence-corrected chi connectivity index (χ3v) is 3.52. The highest BCUT2D eigenvalue weighted by atomic mass is 35.5. The number of carboxylic acid groups (broad SMARTS) is 1. The first kappa shape index (κ1) is 12.9. The summed E-state index contributed by atoms with van der Waals surface area (Å²) in [5.74, 6) is -1.14. The Labute approximate surface area is 113 Å². The van der Waals surface area contributed by atoms with Crippen LogP contribution in [0.25, 0.3) is 0 Å². The van der Waals surface area contributed by atoms with Gasteiger partial charge in [0.25, 0.3) is 0 Å². The van der Waals surface area contributed by atoms with Crippen molar-refractivity contribution in [2.45, 2.75) is 17.0 Å². The number of pyridine rings is 1. The molecule has 0 bridgehead atoms. The molecule has 2 heterocycles. The third kappa shape index (κ3) is 2.65. The molecule has 5 nitrogen and oxygen atoms in total. The van der Waals surface area contributed by atoms with Crippen LogP contribution in [0.5, 0.6) is 0 Å². The zero-order chi connectivity index (χ0) is 13.3. The summed E-state index contributed by atoms with van der Waals surface area (Å²) in [4.78, 5) is 14.9. The normalized spacial score (nSPS) is 10.6. The molecular weight excluding hydrogens is 274 g/mol. The Morgan fingerprint density at radius 2 is 2.22 bits per heavy atom. The van der Waals surface area contributed by atoms with Crippen molar-refractivity contribution in [1.82, 2.24) is 14.8 Å². The van der Waals surface area contributed by atoms with Crippen molar-refractivity contribution in [3.63, 3.8) is 0 Å². The van der Waals surface area contributed by atoms with E-state index in [1.165, 1.54) is 17.8 Å². The lowest BCUT2D eigenvalue weighted by Crippen LogP contribution is -2.02. The summed E-state index contributed by atoms with van der Waals surface area (Å²) in [6.07, 6.45) is 0. The van der Waals surface area contributed by atoms with E-state index in [9.17, 15) is 4.79 Å². The third-order valence-electron chi connectivity index (χ3n) is 2.19. The molecule has 0 aromatic carbocycles. The molecule has 2 rings (SSSR count). The highest BCUT2D eigenvalue weighted by Gasteiger charge is 2.13. The molecule has 0 aliphatic carbocycles. The predicted octanol–water partition coefficient (Wildman–Crippen LogP) is 2.63. The van der Waals surface area contributed by atoms with Crippen LogP contribution in [-0.4, -0.2) is 25.8 Å². The lowest BCUT2D eigenvalue weighted by atomic mass is 10.3. The van der Waals surface area contributed by atoms with Gasteiger partial charge in [0.1, 0.15) is 10.1 Å². The van der Waals surface area contributed by atoms with Crippen LogP contribution in [0.2, 0.25) is 5.02 Å². The Balaban J connectivity index is 2.32. The molecule has 7 heteroatoms. The van der Waals surface area contributed by atoms with Crippen molar-refractivity contribution in [2.24, 2.45) is 7.05 Å². The van der Waals surface area contributed by atoms with Gasteiger partial charge >= 0.3 is 5.97 Å². The number of aromatic carboxylic acids is 1. The van der Waals surface area contributed by atoms with E-state index in [4.69, 9.17) is 16.7 Å². The first-order chi connectivity index (χ1) is 8.47. The number of halogens is 1. The molecule has 0 spiro atoms. The topological polar surface area (TPSA) is 68.0 Å². The standard InChI is InChI=1S/C11H10ClN3O2S/c1-6-5-9(15(2)14-6)18-8-4-3-7(12)10(13-8)11(16)17/h3-5H,1-2H3,(H,16,17). The minimum absolute atomic E-state index is 0.132. The summed E-state index contributed by atoms with van der Waals surface area (Å²) in [5.41, 5.74) is 0.757. The molecule has 18 heavy (non-hydrogen) atoms. The Kier molecular flexibility index (Phi) is 3.58. The Bertz CT molecular complexity index is 612. The molecule has 1 N–H and O–H groups in total. The Hall–Kier alpha value is -1.53. The van der Waals surface area contributed by atoms with Crippen molar-refractivity contribution in [3.05, 3.63) is 34.6 Å². The van der Waals surface area contributed by atoms with Crippen LogP contribution in [0.15, 0.2) is 28.3 Å². The summed E-state index contributed by atoms with van der Waals surface area (Å²) >= 11 is 7.10. The Morgan fingerprint density at radius 3 is 2.78 bits per heavy atom. The van der Waals surface area contributed by atoms with Gasteiger partial charge in [0.15, 0.2) is 5.69 Å². The molecule has 94 valence electrons. The molecule has 0 fully saturated rings. The Morgan fingerprint density at radius 1 is 1.50 bits per heavy atom. The number of hydrogen-bond donors (Lipinski definition) is 1. The summed E-state index contributed by atoms with van der Waals surface area (Å²) in [7, 11) is 1.82. The SMILES string of the molecule is Cc1cc(Sc2ccc(Cl)c(C(=O)O)n2)n(C)n1. The smallest absolute Gasteiger partial charge is 0.356 e. The highest BCUT2D eigenvalue weighted by Crippen LogP contribution is 2.28. The molecular formula is C11H10ClN3O2S. The quantitative estimate of drug-likeness (QED) is 0.938. The maximum Gasteiger partial charge on any atom is 0.356 e. The first-order valence-corrected chi connectivity index (χ1v) is 6.25. The average molecular weight is 284 g/mol. The van der Waals surface area contributed by atoms with Crippen LogP contribution in [0.4, 0.5) is 0 Å². The van der Waals surface area contributed by atoms with E-state index in [1.54, 1.807) is 10.7 Å². The monoisotopic (exact) mass is 283 g/mol. The van der Waals surface area contributed by atoms with E-state index in [0.29, 0.717) is 5.03 Å². The van der Waals surface area contributed by atoms with Gasteiger partial charge in [-0.25, -0.2) is 9.78 Å². The average Bonchev–Trinajstić information content (AvgIpc) is 2.60. The molecule has 0 saturated carbocycles. The van der Waals surface area contributed by atoms with Crippen molar-refractivity contribution in [3.8, 4) is 0 Å². The molecule has 0 atom stereocenters. The number of carboxylic acids is 1. The highest BCUT2D eigenvalue weighted by molar-refractivity contribution is 7.99. The number of rotatable bonds is 3. The minimum atomic E-state index is -1.14. The van der Waals surface area contributed by atoms with E-state index in [-0.39, 0.29) is 10.7 Å². The van der Waals surface area contributed by atoms with Crippen LogP contribution in [0.1, 0.15) is 16.2 Å². The van der Waals surface area contributed by atoms with Gasteiger partial charge in [-0.1, -0.05) is 23.4 Å². The van der Waals surface area contributed by atoms with Gasteiger partial charge in [0, 0.05) is 7.05 Å². The maximum atomic E-state index is 10.9. The summed E-state index contributed by atoms with van der Waals surface area (Å²) < 4.78 is 1.72. The second-order valence-corrected chi connectivity index (χ2v) is 5.08. The van der Waals surface area contributed by atoms with Gasteiger partial charge < -0.3 is 5.11 Å². The van der Waals surface area contributed by atoms with Gasteiger partial charge in [0.2, 0.25) is 0 Å². The summed E-state index contributed by atoms with van der Waals surface area (Å²) in [6.45, 7) is 1.89. The number of carbonyl (C=O) groups is 1. The van der Waals surface area contributed by atoms with Gasteiger partial charge in [-0.15, -0.1) is 0 Å². The van der Waals surface area contributed by atoms with Gasteiger partial charge in [-0.05, 0) is 25.1 Å². The molecule has 2 aromatic rings. The molecule has 0 aliphatic rings. The zero-order valence-corrected chi connectivity index (χ0v) is 11.3. The first-order valence-electron chi connectivity index (χ1n) is 5.05. The van der Waals surface area contributed by atoms with E-state index < -0.39 is 5.97 Å². The molecule has 0 amide bonds. The van der Waals surface area contributed by atoms with Crippen molar-refractivity contribution < 1.29 is 9.90 Å². The van der Waals surface area contributed by atoms with Gasteiger partial charge in [-0.2, -0.15) is 5.10 Å². The molecule has 0 aliphatic heterocycles.